The van der Waals surface area contributed by atoms with Crippen LogP contribution in [-0.2, 0) is 6.54 Å². The number of nitrogens with two attached hydrogens (primary N) is 1. The van der Waals surface area contributed by atoms with Gasteiger partial charge in [-0.1, -0.05) is 30.3 Å². The number of aromatic carboxylic acids is 1. The number of nitrogens with one attached hydrogen (secondary N) is 2. The molecule has 0 saturated carbocycles. The van der Waals surface area contributed by atoms with Gasteiger partial charge < -0.3 is 16.2 Å². The Kier molecular flexibility index (Phi) is 5.25. The van der Waals surface area contributed by atoms with Crippen LogP contribution in [0, 0.1) is 17.0 Å². The second-order valence-corrected chi connectivity index (χ2v) is 5.78. The molecule has 0 aliphatic rings. The summed E-state index contributed by atoms with van der Waals surface area (Å²) in [6.07, 6.45) is 0.986. The predicted octanol–water partition coefficient (Wildman–Crippen LogP) is 3.06. The fourth-order valence-corrected chi connectivity index (χ4v) is 2.54. The number of aromatic nitrogens is 2. The van der Waals surface area contributed by atoms with Crippen LogP contribution in [0.4, 0.5) is 20.3 Å². The standard InChI is InChI=1S/C19H15F2N5O2/c20-13-6-2-1-4-10(13)8-24-16-11(5-3-7-14(16)21)15(22)18-25-9-12(19(27)28)17(23)26-18/h1-7,9,22,24H,8H2,(H,27,28)(H2,23,25,26). The summed E-state index contributed by atoms with van der Waals surface area (Å²) in [5.74, 6) is -2.85. The van der Waals surface area contributed by atoms with Crippen molar-refractivity contribution in [2.45, 2.75) is 6.54 Å². The Balaban J connectivity index is 1.93. The summed E-state index contributed by atoms with van der Waals surface area (Å²) >= 11 is 0. The second-order valence-electron chi connectivity index (χ2n) is 5.78. The van der Waals surface area contributed by atoms with Gasteiger partial charge in [0.05, 0.1) is 5.69 Å². The molecule has 142 valence electrons. The third-order valence-corrected chi connectivity index (χ3v) is 3.97. The first-order chi connectivity index (χ1) is 13.4. The van der Waals surface area contributed by atoms with Crippen molar-refractivity contribution < 1.29 is 18.7 Å². The van der Waals surface area contributed by atoms with E-state index in [2.05, 4.69) is 15.3 Å². The Morgan fingerprint density at radius 1 is 1.11 bits per heavy atom. The molecule has 2 aromatic carbocycles. The number of nitrogen functional groups attached to an aromatic ring is 1. The van der Waals surface area contributed by atoms with E-state index in [0.29, 0.717) is 5.56 Å². The van der Waals surface area contributed by atoms with Crippen molar-refractivity contribution in [1.82, 2.24) is 9.97 Å². The lowest BCUT2D eigenvalue weighted by molar-refractivity contribution is 0.0697. The molecule has 0 aliphatic carbocycles. The predicted molar refractivity (Wildman–Crippen MR) is 99.5 cm³/mol. The number of hydrogen-bond acceptors (Lipinski definition) is 6. The average Bonchev–Trinajstić information content (AvgIpc) is 2.67. The first kappa shape index (κ1) is 18.9. The van der Waals surface area contributed by atoms with Crippen LogP contribution in [0.5, 0.6) is 0 Å². The Hall–Kier alpha value is -3.88. The van der Waals surface area contributed by atoms with Gasteiger partial charge in [0.15, 0.2) is 5.82 Å². The molecule has 9 heteroatoms. The van der Waals surface area contributed by atoms with Crippen molar-refractivity contribution in [3.8, 4) is 0 Å². The Morgan fingerprint density at radius 2 is 1.82 bits per heavy atom. The van der Waals surface area contributed by atoms with Gasteiger partial charge in [-0.2, -0.15) is 0 Å². The molecule has 0 fully saturated rings. The number of carboxylic acids is 1. The van der Waals surface area contributed by atoms with Gasteiger partial charge in [0, 0.05) is 23.9 Å². The van der Waals surface area contributed by atoms with Crippen molar-refractivity contribution in [3.63, 3.8) is 0 Å². The minimum absolute atomic E-state index is 0.00512. The number of hydrogen-bond donors (Lipinski definition) is 4. The zero-order valence-corrected chi connectivity index (χ0v) is 14.4. The van der Waals surface area contributed by atoms with E-state index in [0.717, 1.165) is 6.20 Å². The minimum Gasteiger partial charge on any atom is -0.477 e. The van der Waals surface area contributed by atoms with Crippen LogP contribution in [0.15, 0.2) is 48.7 Å². The number of carbonyl (C=O) groups is 1. The molecule has 28 heavy (non-hydrogen) atoms. The lowest BCUT2D eigenvalue weighted by atomic mass is 10.1. The number of halogens is 2. The maximum Gasteiger partial charge on any atom is 0.341 e. The van der Waals surface area contributed by atoms with E-state index in [-0.39, 0.29) is 40.7 Å². The summed E-state index contributed by atoms with van der Waals surface area (Å²) in [6.45, 7) is -0.00512. The van der Waals surface area contributed by atoms with Crippen LogP contribution in [0.3, 0.4) is 0 Å². The van der Waals surface area contributed by atoms with Gasteiger partial charge in [0.2, 0.25) is 0 Å². The van der Waals surface area contributed by atoms with Crippen molar-refractivity contribution in [2.24, 2.45) is 0 Å². The van der Waals surface area contributed by atoms with E-state index in [1.807, 2.05) is 0 Å². The zero-order chi connectivity index (χ0) is 20.3. The molecule has 1 aromatic heterocycles. The van der Waals surface area contributed by atoms with Crippen molar-refractivity contribution in [1.29, 1.82) is 5.41 Å². The normalized spacial score (nSPS) is 10.5. The Morgan fingerprint density at radius 3 is 2.50 bits per heavy atom. The van der Waals surface area contributed by atoms with E-state index < -0.39 is 17.6 Å². The van der Waals surface area contributed by atoms with Crippen LogP contribution < -0.4 is 11.1 Å². The molecule has 3 rings (SSSR count). The highest BCUT2D eigenvalue weighted by Gasteiger charge is 2.18. The summed E-state index contributed by atoms with van der Waals surface area (Å²) in [6, 6.07) is 10.1. The molecule has 5 N–H and O–H groups in total. The summed E-state index contributed by atoms with van der Waals surface area (Å²) in [7, 11) is 0. The third kappa shape index (κ3) is 3.78. The second kappa shape index (κ2) is 7.78. The summed E-state index contributed by atoms with van der Waals surface area (Å²) in [4.78, 5) is 18.7. The molecular formula is C19H15F2N5O2. The molecule has 0 amide bonds. The van der Waals surface area contributed by atoms with E-state index in [1.54, 1.807) is 18.2 Å². The van der Waals surface area contributed by atoms with E-state index in [9.17, 15) is 13.6 Å². The van der Waals surface area contributed by atoms with Gasteiger partial charge >= 0.3 is 5.97 Å². The van der Waals surface area contributed by atoms with Crippen LogP contribution in [0.2, 0.25) is 0 Å². The lowest BCUT2D eigenvalue weighted by Crippen LogP contribution is -2.15. The highest BCUT2D eigenvalue weighted by molar-refractivity contribution is 6.12. The van der Waals surface area contributed by atoms with Crippen LogP contribution in [0.1, 0.15) is 27.3 Å². The number of anilines is 2. The molecule has 0 atom stereocenters. The number of rotatable bonds is 6. The fraction of sp³-hybridized carbons (Fsp3) is 0.0526. The first-order valence-corrected chi connectivity index (χ1v) is 8.09. The van der Waals surface area contributed by atoms with Crippen LogP contribution in [-0.4, -0.2) is 26.8 Å². The highest BCUT2D eigenvalue weighted by atomic mass is 19.1. The van der Waals surface area contributed by atoms with Crippen molar-refractivity contribution >= 4 is 23.2 Å². The largest absolute Gasteiger partial charge is 0.477 e. The number of nitrogens with zero attached hydrogens (tertiary/aromatic N) is 2. The van der Waals surface area contributed by atoms with Crippen molar-refractivity contribution in [2.75, 3.05) is 11.1 Å². The molecular weight excluding hydrogens is 368 g/mol. The molecule has 3 aromatic rings. The molecule has 1 heterocycles. The SMILES string of the molecule is N=C(c1ncc(C(=O)O)c(N)n1)c1cccc(F)c1NCc1ccccc1F. The molecule has 0 radical (unpaired) electrons. The lowest BCUT2D eigenvalue weighted by Gasteiger charge is -2.14. The maximum atomic E-state index is 14.4. The molecule has 0 saturated heterocycles. The Bertz CT molecular complexity index is 1070. The quantitative estimate of drug-likeness (QED) is 0.485. The van der Waals surface area contributed by atoms with E-state index >= 15 is 0 Å². The van der Waals surface area contributed by atoms with Gasteiger partial charge in [0.1, 0.15) is 28.7 Å². The topological polar surface area (TPSA) is 125 Å². The smallest absolute Gasteiger partial charge is 0.341 e. The number of para-hydroxylation sites is 1. The van der Waals surface area contributed by atoms with Crippen LogP contribution >= 0.6 is 0 Å². The third-order valence-electron chi connectivity index (χ3n) is 3.97. The molecule has 0 unspecified atom stereocenters. The summed E-state index contributed by atoms with van der Waals surface area (Å²) < 4.78 is 28.2. The van der Waals surface area contributed by atoms with Gasteiger partial charge in [-0.25, -0.2) is 23.5 Å². The molecule has 0 aliphatic heterocycles. The highest BCUT2D eigenvalue weighted by Crippen LogP contribution is 2.23. The number of carboxylic acid groups (broad SMARTS) is 1. The first-order valence-electron chi connectivity index (χ1n) is 8.09. The van der Waals surface area contributed by atoms with Crippen LogP contribution in [0.25, 0.3) is 0 Å². The van der Waals surface area contributed by atoms with Crippen molar-refractivity contribution in [3.05, 3.63) is 82.8 Å². The van der Waals surface area contributed by atoms with Gasteiger partial charge in [-0.3, -0.25) is 5.41 Å². The Labute approximate surface area is 158 Å². The monoisotopic (exact) mass is 383 g/mol. The number of benzene rings is 2. The minimum atomic E-state index is -1.30. The van der Waals surface area contributed by atoms with E-state index in [1.165, 1.54) is 24.3 Å². The molecule has 7 nitrogen and oxygen atoms in total. The van der Waals surface area contributed by atoms with Gasteiger partial charge in [0.25, 0.3) is 0 Å². The molecule has 0 bridgehead atoms. The zero-order valence-electron chi connectivity index (χ0n) is 14.4. The van der Waals surface area contributed by atoms with Gasteiger partial charge in [-0.05, 0) is 12.1 Å². The van der Waals surface area contributed by atoms with E-state index in [4.69, 9.17) is 16.2 Å². The van der Waals surface area contributed by atoms with Gasteiger partial charge in [-0.15, -0.1) is 0 Å². The molecule has 0 spiro atoms. The maximum absolute atomic E-state index is 14.4. The average molecular weight is 383 g/mol. The summed E-state index contributed by atoms with van der Waals surface area (Å²) in [5.41, 5.74) is 5.46. The fourth-order valence-electron chi connectivity index (χ4n) is 2.54. The summed E-state index contributed by atoms with van der Waals surface area (Å²) in [5, 5.41) is 20.1.